The summed E-state index contributed by atoms with van der Waals surface area (Å²) in [4.78, 5) is 2.56. The molecule has 0 bridgehead atoms. The number of hydrogen-bond acceptors (Lipinski definition) is 4. The quantitative estimate of drug-likeness (QED) is 0.732. The predicted molar refractivity (Wildman–Crippen MR) is 68.1 cm³/mol. The van der Waals surface area contributed by atoms with Crippen molar-refractivity contribution < 1.29 is 4.74 Å². The molecule has 0 aliphatic carbocycles. The second-order valence-electron chi connectivity index (χ2n) is 2.18. The summed E-state index contributed by atoms with van der Waals surface area (Å²) < 4.78 is 5.15. The van der Waals surface area contributed by atoms with Gasteiger partial charge in [-0.1, -0.05) is 0 Å². The third kappa shape index (κ3) is 2.97. The van der Waals surface area contributed by atoms with Gasteiger partial charge in [0.1, 0.15) is 5.75 Å². The van der Waals surface area contributed by atoms with Crippen molar-refractivity contribution in [3.63, 3.8) is 0 Å². The molecule has 0 saturated carbocycles. The minimum atomic E-state index is 0.697. The lowest BCUT2D eigenvalue weighted by Gasteiger charge is -2.09. The molecule has 14 heavy (non-hydrogen) atoms. The summed E-state index contributed by atoms with van der Waals surface area (Å²) in [6, 6.07) is 3.66. The van der Waals surface area contributed by atoms with Crippen LogP contribution >= 0.6 is 65.0 Å². The fraction of sp³-hybridized carbons (Fsp3) is 0.143. The number of benzene rings is 1. The molecule has 0 saturated heterocycles. The van der Waals surface area contributed by atoms with E-state index in [1.165, 1.54) is 0 Å². The molecule has 0 unspecified atom stereocenters. The zero-order valence-electron chi connectivity index (χ0n) is 6.92. The summed E-state index contributed by atoms with van der Waals surface area (Å²) in [5, 5.41) is 0. The van der Waals surface area contributed by atoms with Crippen LogP contribution in [0, 0.1) is 0 Å². The maximum atomic E-state index is 5.69. The molecule has 78 valence electrons. The first-order valence-electron chi connectivity index (χ1n) is 3.34. The van der Waals surface area contributed by atoms with E-state index in [1.54, 1.807) is 7.11 Å². The molecule has 1 nitrogen and oxygen atoms in total. The number of hydrogen-bond donors (Lipinski definition) is 0. The third-order valence-corrected chi connectivity index (χ3v) is 4.60. The van der Waals surface area contributed by atoms with Crippen molar-refractivity contribution in [2.75, 3.05) is 7.11 Å². The Hall–Kier alpha value is 0.940. The summed E-state index contributed by atoms with van der Waals surface area (Å²) in [5.74, 6) is 0.697. The molecule has 0 aromatic heterocycles. The molecule has 0 fully saturated rings. The predicted octanol–water partition coefficient (Wildman–Crippen LogP) is 5.43. The van der Waals surface area contributed by atoms with Crippen LogP contribution < -0.4 is 4.74 Å². The normalized spacial score (nSPS) is 10.3. The Morgan fingerprint density at radius 2 is 1.43 bits per heavy atom. The summed E-state index contributed by atoms with van der Waals surface area (Å²) >= 11 is 0. The van der Waals surface area contributed by atoms with Gasteiger partial charge in [-0.15, -0.1) is 0 Å². The van der Waals surface area contributed by atoms with Crippen LogP contribution in [-0.4, -0.2) is 7.11 Å². The first-order valence-corrected chi connectivity index (χ1v) is 8.27. The number of methoxy groups -OCH3 is 1. The van der Waals surface area contributed by atoms with E-state index in [0.717, 1.165) is 47.6 Å². The zero-order chi connectivity index (χ0) is 10.6. The van der Waals surface area contributed by atoms with Crippen molar-refractivity contribution in [3.05, 3.63) is 12.1 Å². The molecule has 1 rings (SSSR count). The van der Waals surface area contributed by atoms with Gasteiger partial charge >= 0.3 is 0 Å². The van der Waals surface area contributed by atoms with Gasteiger partial charge in [-0.3, -0.25) is 0 Å². The number of rotatable bonds is 4. The Morgan fingerprint density at radius 1 is 0.929 bits per heavy atom. The fourth-order valence-corrected chi connectivity index (χ4v) is 3.55. The van der Waals surface area contributed by atoms with Gasteiger partial charge in [-0.05, 0) is 77.1 Å². The molecule has 0 N–H and O–H groups in total. The SMILES string of the molecule is COc1cc(SCl)c(SCl)cc1SCl. The third-order valence-electron chi connectivity index (χ3n) is 1.48. The topological polar surface area (TPSA) is 9.23 Å². The van der Waals surface area contributed by atoms with Crippen LogP contribution in [0.2, 0.25) is 0 Å². The standard InChI is InChI=1S/C7H5Cl3OS3/c1-11-4-2-6(13-9)7(14-10)3-5(4)12-8/h2-3H,1H3. The van der Waals surface area contributed by atoms with Gasteiger partial charge in [0, 0.05) is 9.79 Å². The molecule has 0 heterocycles. The molecule has 0 aliphatic rings. The minimum Gasteiger partial charge on any atom is -0.495 e. The first kappa shape index (κ1) is 13.0. The minimum absolute atomic E-state index is 0.697. The Morgan fingerprint density at radius 3 is 1.86 bits per heavy atom. The van der Waals surface area contributed by atoms with Gasteiger partial charge in [0.15, 0.2) is 0 Å². The van der Waals surface area contributed by atoms with Crippen molar-refractivity contribution in [1.82, 2.24) is 0 Å². The van der Waals surface area contributed by atoms with Gasteiger partial charge in [0.2, 0.25) is 0 Å². The van der Waals surface area contributed by atoms with Crippen LogP contribution in [0.3, 0.4) is 0 Å². The summed E-state index contributed by atoms with van der Waals surface area (Å²) in [7, 11) is 21.9. The van der Waals surface area contributed by atoms with Gasteiger partial charge in [-0.2, -0.15) is 0 Å². The van der Waals surface area contributed by atoms with Gasteiger partial charge in [0.25, 0.3) is 0 Å². The van der Waals surface area contributed by atoms with Crippen molar-refractivity contribution in [2.45, 2.75) is 14.7 Å². The Balaban J connectivity index is 3.20. The van der Waals surface area contributed by atoms with Gasteiger partial charge in [-0.25, -0.2) is 0 Å². The molecule has 1 aromatic rings. The van der Waals surface area contributed by atoms with E-state index in [-0.39, 0.29) is 0 Å². The van der Waals surface area contributed by atoms with Crippen LogP contribution in [0.15, 0.2) is 26.8 Å². The second-order valence-corrected chi connectivity index (χ2v) is 5.35. The van der Waals surface area contributed by atoms with Crippen molar-refractivity contribution in [3.8, 4) is 5.75 Å². The van der Waals surface area contributed by atoms with Gasteiger partial charge < -0.3 is 4.74 Å². The van der Waals surface area contributed by atoms with E-state index in [4.69, 9.17) is 36.8 Å². The highest BCUT2D eigenvalue weighted by Crippen LogP contribution is 2.43. The molecular weight excluding hydrogens is 303 g/mol. The number of ether oxygens (including phenoxy) is 1. The lowest BCUT2D eigenvalue weighted by molar-refractivity contribution is 0.403. The van der Waals surface area contributed by atoms with E-state index >= 15 is 0 Å². The van der Waals surface area contributed by atoms with Crippen LogP contribution in [0.1, 0.15) is 0 Å². The van der Waals surface area contributed by atoms with Crippen LogP contribution in [0.25, 0.3) is 0 Å². The average molecular weight is 308 g/mol. The molecule has 0 radical (unpaired) electrons. The van der Waals surface area contributed by atoms with Crippen molar-refractivity contribution in [2.24, 2.45) is 0 Å². The largest absolute Gasteiger partial charge is 0.495 e. The number of halogens is 3. The molecule has 0 amide bonds. The monoisotopic (exact) mass is 306 g/mol. The summed E-state index contributed by atoms with van der Waals surface area (Å²) in [6.45, 7) is 0. The Labute approximate surface area is 109 Å². The highest BCUT2D eigenvalue weighted by atomic mass is 35.7. The molecule has 0 aliphatic heterocycles. The lowest BCUT2D eigenvalue weighted by Crippen LogP contribution is -1.87. The Bertz CT molecular complexity index is 263. The van der Waals surface area contributed by atoms with E-state index in [0.29, 0.717) is 5.75 Å². The molecule has 1 aromatic carbocycles. The van der Waals surface area contributed by atoms with Crippen LogP contribution in [-0.2, 0) is 0 Å². The van der Waals surface area contributed by atoms with E-state index in [1.807, 2.05) is 12.1 Å². The molecule has 7 heteroatoms. The van der Waals surface area contributed by atoms with Gasteiger partial charge in [0.05, 0.1) is 12.0 Å². The fourth-order valence-electron chi connectivity index (χ4n) is 0.863. The zero-order valence-corrected chi connectivity index (χ0v) is 11.6. The maximum Gasteiger partial charge on any atom is 0.134 e. The average Bonchev–Trinajstić information content (AvgIpc) is 2.26. The molecule has 0 atom stereocenters. The Kier molecular flexibility index (Phi) is 6.05. The van der Waals surface area contributed by atoms with E-state index < -0.39 is 0 Å². The lowest BCUT2D eigenvalue weighted by atomic mass is 10.3. The van der Waals surface area contributed by atoms with E-state index in [9.17, 15) is 0 Å². The van der Waals surface area contributed by atoms with Crippen molar-refractivity contribution >= 4 is 65.0 Å². The van der Waals surface area contributed by atoms with E-state index in [2.05, 4.69) is 0 Å². The summed E-state index contributed by atoms with van der Waals surface area (Å²) in [6.07, 6.45) is 0. The first-order chi connectivity index (χ1) is 6.76. The molecule has 0 spiro atoms. The van der Waals surface area contributed by atoms with Crippen LogP contribution in [0.4, 0.5) is 0 Å². The highest BCUT2D eigenvalue weighted by molar-refractivity contribution is 8.23. The van der Waals surface area contributed by atoms with Crippen molar-refractivity contribution in [1.29, 1.82) is 0 Å². The summed E-state index contributed by atoms with van der Waals surface area (Å²) in [5.41, 5.74) is 0. The molecular formula is C7H5Cl3OS3. The second kappa shape index (κ2) is 6.51. The smallest absolute Gasteiger partial charge is 0.134 e. The maximum absolute atomic E-state index is 5.69. The highest BCUT2D eigenvalue weighted by Gasteiger charge is 2.10. The van der Waals surface area contributed by atoms with Crippen LogP contribution in [0.5, 0.6) is 5.75 Å².